The molecule has 0 aliphatic heterocycles. The molecule has 0 saturated heterocycles. The molecule has 1 atom stereocenters. The van der Waals surface area contributed by atoms with Crippen LogP contribution in [0, 0.1) is 13.8 Å². The molecule has 0 amide bonds. The zero-order chi connectivity index (χ0) is 14.5. The number of hydrogen-bond acceptors (Lipinski definition) is 3. The summed E-state index contributed by atoms with van der Waals surface area (Å²) in [4.78, 5) is 0. The minimum absolute atomic E-state index is 0.445. The predicted molar refractivity (Wildman–Crippen MR) is 80.8 cm³/mol. The van der Waals surface area contributed by atoms with Gasteiger partial charge in [-0.1, -0.05) is 19.0 Å². The van der Waals surface area contributed by atoms with E-state index in [1.54, 1.807) is 0 Å². The van der Waals surface area contributed by atoms with Crippen LogP contribution in [0.25, 0.3) is 0 Å². The molecule has 0 aromatic carbocycles. The Balaban J connectivity index is 2.08. The molecular weight excluding hydrogens is 250 g/mol. The molecule has 0 spiro atoms. The monoisotopic (exact) mass is 275 g/mol. The Kier molecular flexibility index (Phi) is 5.01. The molecule has 0 aliphatic carbocycles. The van der Waals surface area contributed by atoms with E-state index in [9.17, 15) is 0 Å². The fourth-order valence-electron chi connectivity index (χ4n) is 2.49. The van der Waals surface area contributed by atoms with Gasteiger partial charge in [-0.05, 0) is 44.9 Å². The summed E-state index contributed by atoms with van der Waals surface area (Å²) in [6, 6.07) is 2.65. The fourth-order valence-corrected chi connectivity index (χ4v) is 2.49. The molecule has 2 aromatic rings. The van der Waals surface area contributed by atoms with Gasteiger partial charge in [-0.15, -0.1) is 0 Å². The lowest BCUT2D eigenvalue weighted by molar-refractivity contribution is 0.392. The van der Waals surface area contributed by atoms with E-state index in [0.29, 0.717) is 6.04 Å². The van der Waals surface area contributed by atoms with Crippen molar-refractivity contribution in [2.24, 2.45) is 0 Å². The lowest BCUT2D eigenvalue weighted by Gasteiger charge is -2.15. The average Bonchev–Trinajstić information content (AvgIpc) is 3.02. The molecular formula is C16H25N3O. The zero-order valence-corrected chi connectivity index (χ0v) is 12.9. The van der Waals surface area contributed by atoms with E-state index in [2.05, 4.69) is 47.3 Å². The van der Waals surface area contributed by atoms with Crippen LogP contribution in [-0.4, -0.2) is 16.3 Å². The first kappa shape index (κ1) is 14.9. The summed E-state index contributed by atoms with van der Waals surface area (Å²) in [5.74, 6) is 0.911. The van der Waals surface area contributed by atoms with Crippen molar-refractivity contribution in [1.29, 1.82) is 0 Å². The highest BCUT2D eigenvalue weighted by molar-refractivity contribution is 5.23. The zero-order valence-electron chi connectivity index (χ0n) is 12.9. The van der Waals surface area contributed by atoms with E-state index in [1.165, 1.54) is 11.1 Å². The van der Waals surface area contributed by atoms with E-state index in [1.807, 2.05) is 13.8 Å². The van der Waals surface area contributed by atoms with Crippen molar-refractivity contribution in [1.82, 2.24) is 15.0 Å². The second-order valence-corrected chi connectivity index (χ2v) is 5.33. The SMILES string of the molecule is CCCNC(CC)c1ccn(Cc2c(C)noc2C)c1. The molecule has 2 rings (SSSR count). The smallest absolute Gasteiger partial charge is 0.138 e. The molecule has 4 heteroatoms. The number of nitrogens with zero attached hydrogens (tertiary/aromatic N) is 2. The van der Waals surface area contributed by atoms with Crippen molar-refractivity contribution in [2.75, 3.05) is 6.54 Å². The third-order valence-corrected chi connectivity index (χ3v) is 3.75. The maximum Gasteiger partial charge on any atom is 0.138 e. The number of rotatable bonds is 7. The molecule has 2 heterocycles. The molecule has 110 valence electrons. The van der Waals surface area contributed by atoms with Crippen molar-refractivity contribution in [3.05, 3.63) is 41.0 Å². The highest BCUT2D eigenvalue weighted by atomic mass is 16.5. The van der Waals surface area contributed by atoms with Gasteiger partial charge in [0.15, 0.2) is 0 Å². The van der Waals surface area contributed by atoms with Crippen molar-refractivity contribution >= 4 is 0 Å². The van der Waals surface area contributed by atoms with Gasteiger partial charge in [0.05, 0.1) is 12.2 Å². The van der Waals surface area contributed by atoms with Gasteiger partial charge in [-0.3, -0.25) is 0 Å². The van der Waals surface area contributed by atoms with E-state index >= 15 is 0 Å². The Labute approximate surface area is 121 Å². The first-order valence-electron chi connectivity index (χ1n) is 7.46. The second-order valence-electron chi connectivity index (χ2n) is 5.33. The maximum absolute atomic E-state index is 5.22. The predicted octanol–water partition coefficient (Wildman–Crippen LogP) is 3.59. The van der Waals surface area contributed by atoms with Crippen molar-refractivity contribution < 1.29 is 4.52 Å². The Bertz CT molecular complexity index is 522. The molecule has 0 saturated carbocycles. The van der Waals surface area contributed by atoms with Gasteiger partial charge >= 0.3 is 0 Å². The van der Waals surface area contributed by atoms with Crippen LogP contribution in [0.3, 0.4) is 0 Å². The molecule has 2 aromatic heterocycles. The van der Waals surface area contributed by atoms with Crippen LogP contribution in [-0.2, 0) is 6.54 Å². The maximum atomic E-state index is 5.22. The first-order valence-corrected chi connectivity index (χ1v) is 7.46. The standard InChI is InChI=1S/C16H25N3O/c1-5-8-17-16(6-2)14-7-9-19(10-14)11-15-12(3)18-20-13(15)4/h7,9-10,16-17H,5-6,8,11H2,1-4H3. The Morgan fingerprint density at radius 2 is 2.15 bits per heavy atom. The van der Waals surface area contributed by atoms with Crippen LogP contribution >= 0.6 is 0 Å². The van der Waals surface area contributed by atoms with Gasteiger partial charge in [-0.2, -0.15) is 0 Å². The van der Waals surface area contributed by atoms with E-state index in [-0.39, 0.29) is 0 Å². The van der Waals surface area contributed by atoms with Crippen molar-refractivity contribution in [2.45, 2.75) is 53.1 Å². The van der Waals surface area contributed by atoms with Gasteiger partial charge in [0.2, 0.25) is 0 Å². The lowest BCUT2D eigenvalue weighted by Crippen LogP contribution is -2.21. The Morgan fingerprint density at radius 1 is 1.35 bits per heavy atom. The summed E-state index contributed by atoms with van der Waals surface area (Å²) >= 11 is 0. The highest BCUT2D eigenvalue weighted by Crippen LogP contribution is 2.19. The molecule has 1 N–H and O–H groups in total. The molecule has 4 nitrogen and oxygen atoms in total. The summed E-state index contributed by atoms with van der Waals surface area (Å²) in [6.07, 6.45) is 6.63. The van der Waals surface area contributed by atoms with E-state index in [0.717, 1.165) is 37.4 Å². The fraction of sp³-hybridized carbons (Fsp3) is 0.562. The minimum Gasteiger partial charge on any atom is -0.361 e. The molecule has 1 unspecified atom stereocenters. The quantitative estimate of drug-likeness (QED) is 0.839. The van der Waals surface area contributed by atoms with Gasteiger partial charge in [0.1, 0.15) is 5.76 Å². The number of hydrogen-bond donors (Lipinski definition) is 1. The van der Waals surface area contributed by atoms with Crippen LogP contribution in [0.5, 0.6) is 0 Å². The Hall–Kier alpha value is -1.55. The van der Waals surface area contributed by atoms with E-state index in [4.69, 9.17) is 4.52 Å². The topological polar surface area (TPSA) is 43.0 Å². The summed E-state index contributed by atoms with van der Waals surface area (Å²) in [5.41, 5.74) is 3.52. The van der Waals surface area contributed by atoms with Gasteiger partial charge in [0.25, 0.3) is 0 Å². The minimum atomic E-state index is 0.445. The molecule has 20 heavy (non-hydrogen) atoms. The van der Waals surface area contributed by atoms with Crippen LogP contribution in [0.15, 0.2) is 23.0 Å². The first-order chi connectivity index (χ1) is 9.65. The molecule has 0 radical (unpaired) electrons. The Morgan fingerprint density at radius 3 is 2.75 bits per heavy atom. The van der Waals surface area contributed by atoms with Gasteiger partial charge in [0, 0.05) is 24.0 Å². The van der Waals surface area contributed by atoms with Crippen LogP contribution < -0.4 is 5.32 Å². The molecule has 0 fully saturated rings. The molecule has 0 bridgehead atoms. The molecule has 0 aliphatic rings. The summed E-state index contributed by atoms with van der Waals surface area (Å²) in [5, 5.41) is 7.60. The largest absolute Gasteiger partial charge is 0.361 e. The second kappa shape index (κ2) is 6.75. The summed E-state index contributed by atoms with van der Waals surface area (Å²) < 4.78 is 7.43. The third kappa shape index (κ3) is 3.31. The van der Waals surface area contributed by atoms with Crippen LogP contribution in [0.1, 0.15) is 55.3 Å². The van der Waals surface area contributed by atoms with Gasteiger partial charge in [-0.25, -0.2) is 0 Å². The number of aromatic nitrogens is 2. The van der Waals surface area contributed by atoms with Crippen molar-refractivity contribution in [3.63, 3.8) is 0 Å². The van der Waals surface area contributed by atoms with Crippen molar-refractivity contribution in [3.8, 4) is 0 Å². The normalized spacial score (nSPS) is 12.8. The third-order valence-electron chi connectivity index (χ3n) is 3.75. The lowest BCUT2D eigenvalue weighted by atomic mass is 10.1. The number of aryl methyl sites for hydroxylation is 2. The van der Waals surface area contributed by atoms with Crippen LogP contribution in [0.2, 0.25) is 0 Å². The number of nitrogens with one attached hydrogen (secondary N) is 1. The average molecular weight is 275 g/mol. The van der Waals surface area contributed by atoms with E-state index < -0.39 is 0 Å². The van der Waals surface area contributed by atoms with Gasteiger partial charge < -0.3 is 14.4 Å². The highest BCUT2D eigenvalue weighted by Gasteiger charge is 2.12. The van der Waals surface area contributed by atoms with Crippen LogP contribution in [0.4, 0.5) is 0 Å². The summed E-state index contributed by atoms with van der Waals surface area (Å²) in [6.45, 7) is 10.3. The summed E-state index contributed by atoms with van der Waals surface area (Å²) in [7, 11) is 0.